The minimum atomic E-state index is -4.75. The first-order valence-electron chi connectivity index (χ1n) is 6.42. The lowest BCUT2D eigenvalue weighted by Crippen LogP contribution is -2.33. The molecule has 1 unspecified atom stereocenters. The second-order valence-electron chi connectivity index (χ2n) is 5.16. The van der Waals surface area contributed by atoms with Crippen LogP contribution in [-0.2, 0) is 6.42 Å². The molecule has 2 heterocycles. The van der Waals surface area contributed by atoms with E-state index in [0.717, 1.165) is 31.5 Å². The molecule has 0 aliphatic carbocycles. The summed E-state index contributed by atoms with van der Waals surface area (Å²) >= 11 is 5.76. The van der Waals surface area contributed by atoms with Crippen LogP contribution in [0.3, 0.4) is 0 Å². The third kappa shape index (κ3) is 4.83. The molecule has 1 aliphatic heterocycles. The van der Waals surface area contributed by atoms with E-state index >= 15 is 0 Å². The molecule has 1 aromatic heterocycles. The second-order valence-corrected chi connectivity index (χ2v) is 5.55. The maximum atomic E-state index is 12.2. The molecule has 1 fully saturated rings. The highest BCUT2D eigenvalue weighted by molar-refractivity contribution is 6.29. The largest absolute Gasteiger partial charge is 0.574 e. The fourth-order valence-electron chi connectivity index (χ4n) is 2.58. The molecule has 0 aromatic carbocycles. The Labute approximate surface area is 120 Å². The first kappa shape index (κ1) is 15.4. The summed E-state index contributed by atoms with van der Waals surface area (Å²) in [6.07, 6.45) is -1.90. The predicted molar refractivity (Wildman–Crippen MR) is 69.9 cm³/mol. The maximum Gasteiger partial charge on any atom is 0.574 e. The van der Waals surface area contributed by atoms with Gasteiger partial charge >= 0.3 is 6.36 Å². The van der Waals surface area contributed by atoms with Gasteiger partial charge in [0.05, 0.1) is 0 Å². The zero-order valence-corrected chi connectivity index (χ0v) is 11.8. The van der Waals surface area contributed by atoms with Crippen molar-refractivity contribution in [1.29, 1.82) is 0 Å². The lowest BCUT2D eigenvalue weighted by atomic mass is 9.92. The van der Waals surface area contributed by atoms with Gasteiger partial charge in [0.25, 0.3) is 0 Å². The molecule has 0 amide bonds. The third-order valence-electron chi connectivity index (χ3n) is 3.30. The van der Waals surface area contributed by atoms with Gasteiger partial charge in [-0.15, -0.1) is 13.2 Å². The van der Waals surface area contributed by atoms with Crippen LogP contribution in [0.25, 0.3) is 0 Å². The molecular formula is C13H16ClF3N2O. The van der Waals surface area contributed by atoms with Gasteiger partial charge in [0.2, 0.25) is 5.88 Å². The van der Waals surface area contributed by atoms with Crippen molar-refractivity contribution in [3.63, 3.8) is 0 Å². The smallest absolute Gasteiger partial charge is 0.388 e. The van der Waals surface area contributed by atoms with Crippen LogP contribution in [0.15, 0.2) is 12.1 Å². The van der Waals surface area contributed by atoms with Crippen molar-refractivity contribution in [2.45, 2.75) is 25.6 Å². The summed E-state index contributed by atoms with van der Waals surface area (Å²) in [5.74, 6) is -0.0740. The van der Waals surface area contributed by atoms with Crippen molar-refractivity contribution in [3.05, 3.63) is 22.8 Å². The monoisotopic (exact) mass is 308 g/mol. The zero-order chi connectivity index (χ0) is 14.8. The molecule has 0 radical (unpaired) electrons. The molecule has 1 aromatic rings. The Kier molecular flexibility index (Phi) is 4.75. The topological polar surface area (TPSA) is 25.4 Å². The number of hydrogen-bond acceptors (Lipinski definition) is 3. The fraction of sp³-hybridized carbons (Fsp3) is 0.615. The first-order chi connectivity index (χ1) is 9.32. The maximum absolute atomic E-state index is 12.2. The molecule has 1 aliphatic rings. The predicted octanol–water partition coefficient (Wildman–Crippen LogP) is 3.52. The van der Waals surface area contributed by atoms with Crippen LogP contribution in [0.1, 0.15) is 18.4 Å². The molecule has 3 nitrogen and oxygen atoms in total. The van der Waals surface area contributed by atoms with Gasteiger partial charge in [-0.2, -0.15) is 0 Å². The van der Waals surface area contributed by atoms with E-state index in [2.05, 4.69) is 14.6 Å². The van der Waals surface area contributed by atoms with Crippen LogP contribution in [-0.4, -0.2) is 36.4 Å². The molecule has 1 atom stereocenters. The van der Waals surface area contributed by atoms with Gasteiger partial charge in [-0.3, -0.25) is 0 Å². The number of rotatable bonds is 3. The number of alkyl halides is 3. The molecule has 20 heavy (non-hydrogen) atoms. The van der Waals surface area contributed by atoms with E-state index < -0.39 is 12.2 Å². The zero-order valence-electron chi connectivity index (χ0n) is 11.1. The van der Waals surface area contributed by atoms with Crippen molar-refractivity contribution in [2.75, 3.05) is 20.1 Å². The molecular weight excluding hydrogens is 293 g/mol. The van der Waals surface area contributed by atoms with Crippen molar-refractivity contribution >= 4 is 11.6 Å². The number of halogens is 4. The number of piperidine rings is 1. The molecule has 1 saturated heterocycles. The number of hydrogen-bond donors (Lipinski definition) is 0. The Morgan fingerprint density at radius 3 is 2.85 bits per heavy atom. The molecule has 0 N–H and O–H groups in total. The summed E-state index contributed by atoms with van der Waals surface area (Å²) in [4.78, 5) is 5.77. The number of pyridine rings is 1. The van der Waals surface area contributed by atoms with E-state index in [0.29, 0.717) is 12.3 Å². The molecule has 7 heteroatoms. The average Bonchev–Trinajstić information content (AvgIpc) is 2.25. The van der Waals surface area contributed by atoms with Gasteiger partial charge in [0.1, 0.15) is 5.15 Å². The van der Waals surface area contributed by atoms with Gasteiger partial charge in [-0.25, -0.2) is 4.98 Å². The van der Waals surface area contributed by atoms with Crippen molar-refractivity contribution in [3.8, 4) is 5.88 Å². The Morgan fingerprint density at radius 1 is 1.45 bits per heavy atom. The fourth-order valence-corrected chi connectivity index (χ4v) is 2.81. The number of likely N-dealkylation sites (tertiary alicyclic amines) is 1. The second kappa shape index (κ2) is 6.18. The summed E-state index contributed by atoms with van der Waals surface area (Å²) in [5, 5.41) is 0.0194. The van der Waals surface area contributed by atoms with Gasteiger partial charge < -0.3 is 9.64 Å². The highest BCUT2D eigenvalue weighted by Crippen LogP contribution is 2.26. The standard InChI is InChI=1S/C13H16ClF3N2O/c1-19-4-2-3-9(8-19)5-10-6-11(14)18-12(7-10)20-13(15,16)17/h6-7,9H,2-5,8H2,1H3. The summed E-state index contributed by atoms with van der Waals surface area (Å²) in [7, 11) is 2.05. The minimum Gasteiger partial charge on any atom is -0.388 e. The van der Waals surface area contributed by atoms with E-state index in [1.54, 1.807) is 6.07 Å². The van der Waals surface area contributed by atoms with Crippen molar-refractivity contribution < 1.29 is 17.9 Å². The SMILES string of the molecule is CN1CCCC(Cc2cc(Cl)nc(OC(F)(F)F)c2)C1. The lowest BCUT2D eigenvalue weighted by Gasteiger charge is -2.29. The van der Waals surface area contributed by atoms with Gasteiger partial charge in [0.15, 0.2) is 0 Å². The molecule has 0 bridgehead atoms. The quantitative estimate of drug-likeness (QED) is 0.799. The average molecular weight is 309 g/mol. The normalized spacial score (nSPS) is 20.9. The first-order valence-corrected chi connectivity index (χ1v) is 6.80. The van der Waals surface area contributed by atoms with Crippen LogP contribution >= 0.6 is 11.6 Å². The van der Waals surface area contributed by atoms with Crippen molar-refractivity contribution in [1.82, 2.24) is 9.88 Å². The highest BCUT2D eigenvalue weighted by atomic mass is 35.5. The number of aromatic nitrogens is 1. The van der Waals surface area contributed by atoms with Gasteiger partial charge in [0, 0.05) is 12.6 Å². The van der Waals surface area contributed by atoms with E-state index in [1.165, 1.54) is 6.07 Å². The molecule has 112 valence electrons. The third-order valence-corrected chi connectivity index (χ3v) is 3.49. The van der Waals surface area contributed by atoms with E-state index in [1.807, 2.05) is 7.05 Å². The van der Waals surface area contributed by atoms with Crippen LogP contribution in [0.2, 0.25) is 5.15 Å². The molecule has 0 saturated carbocycles. The van der Waals surface area contributed by atoms with Crippen molar-refractivity contribution in [2.24, 2.45) is 5.92 Å². The Morgan fingerprint density at radius 2 is 2.20 bits per heavy atom. The van der Waals surface area contributed by atoms with E-state index in [-0.39, 0.29) is 5.15 Å². The summed E-state index contributed by atoms with van der Waals surface area (Å²) in [6, 6.07) is 2.91. The van der Waals surface area contributed by atoms with Crippen LogP contribution in [0.4, 0.5) is 13.2 Å². The molecule has 0 spiro atoms. The summed E-state index contributed by atoms with van der Waals surface area (Å²) in [5.41, 5.74) is 0.726. The number of nitrogens with zero attached hydrogens (tertiary/aromatic N) is 2. The Bertz CT molecular complexity index is 467. The molecule has 2 rings (SSSR count). The lowest BCUT2D eigenvalue weighted by molar-refractivity contribution is -0.276. The van der Waals surface area contributed by atoms with E-state index in [9.17, 15) is 13.2 Å². The van der Waals surface area contributed by atoms with Crippen LogP contribution in [0, 0.1) is 5.92 Å². The van der Waals surface area contributed by atoms with E-state index in [4.69, 9.17) is 11.6 Å². The highest BCUT2D eigenvalue weighted by Gasteiger charge is 2.32. The van der Waals surface area contributed by atoms with Crippen LogP contribution in [0.5, 0.6) is 5.88 Å². The summed E-state index contributed by atoms with van der Waals surface area (Å²) in [6.45, 7) is 2.01. The van der Waals surface area contributed by atoms with Crippen LogP contribution < -0.4 is 4.74 Å². The number of ether oxygens (including phenoxy) is 1. The minimum absolute atomic E-state index is 0.0194. The summed E-state index contributed by atoms with van der Waals surface area (Å²) < 4.78 is 40.4. The van der Waals surface area contributed by atoms with Gasteiger partial charge in [-0.1, -0.05) is 11.6 Å². The Hall–Kier alpha value is -1.01. The van der Waals surface area contributed by atoms with Gasteiger partial charge in [-0.05, 0) is 50.4 Å². The Balaban J connectivity index is 2.07.